The Bertz CT molecular complexity index is 1580. The zero-order valence-corrected chi connectivity index (χ0v) is 21.8. The van der Waals surface area contributed by atoms with Gasteiger partial charge in [0, 0.05) is 49.7 Å². The van der Waals surface area contributed by atoms with Crippen LogP contribution in [-0.4, -0.2) is 56.5 Å². The van der Waals surface area contributed by atoms with E-state index in [1.807, 2.05) is 29.2 Å². The third kappa shape index (κ3) is 5.08. The maximum Gasteiger partial charge on any atom is 0.331 e. The maximum atomic E-state index is 13.3. The summed E-state index contributed by atoms with van der Waals surface area (Å²) < 4.78 is 2.33. The standard InChI is InChI=1S/C29H30N6O4/c1-2-34-27(37)24(23-9-5-3-8-21(23)17-30)18-33(29(34)39)19-26(36)32-14-12-22(13-15-32)35-16-11-20-7-4-6-10-25(20)31-28(35)38/h3-10,18,22H,2,11-16,19H2,1H3,(H,31,38). The van der Waals surface area contributed by atoms with Crippen molar-refractivity contribution in [3.63, 3.8) is 0 Å². The number of hydrogen-bond acceptors (Lipinski definition) is 5. The van der Waals surface area contributed by atoms with Crippen LogP contribution in [0.5, 0.6) is 0 Å². The first-order valence-corrected chi connectivity index (χ1v) is 13.2. The number of para-hydroxylation sites is 1. The molecule has 0 radical (unpaired) electrons. The minimum Gasteiger partial charge on any atom is -0.341 e. The molecule has 1 saturated heterocycles. The highest BCUT2D eigenvalue weighted by Crippen LogP contribution is 2.25. The summed E-state index contributed by atoms with van der Waals surface area (Å²) >= 11 is 0. The number of carbonyl (C=O) groups is 2. The van der Waals surface area contributed by atoms with Crippen molar-refractivity contribution in [1.29, 1.82) is 5.26 Å². The number of likely N-dealkylation sites (tertiary alicyclic amines) is 1. The van der Waals surface area contributed by atoms with Crippen molar-refractivity contribution >= 4 is 17.6 Å². The van der Waals surface area contributed by atoms with Crippen molar-refractivity contribution in [3.8, 4) is 17.2 Å². The molecule has 0 atom stereocenters. The molecule has 3 aromatic rings. The van der Waals surface area contributed by atoms with E-state index in [0.29, 0.717) is 43.6 Å². The second kappa shape index (κ2) is 11.0. The summed E-state index contributed by atoms with van der Waals surface area (Å²) in [4.78, 5) is 55.8. The van der Waals surface area contributed by atoms with Gasteiger partial charge < -0.3 is 15.1 Å². The third-order valence-electron chi connectivity index (χ3n) is 7.60. The van der Waals surface area contributed by atoms with Crippen LogP contribution in [0.4, 0.5) is 10.5 Å². The molecule has 200 valence electrons. The number of urea groups is 1. The Hall–Kier alpha value is -4.65. The summed E-state index contributed by atoms with van der Waals surface area (Å²) in [7, 11) is 0. The average molecular weight is 527 g/mol. The molecular weight excluding hydrogens is 496 g/mol. The minimum absolute atomic E-state index is 0.0159. The monoisotopic (exact) mass is 526 g/mol. The summed E-state index contributed by atoms with van der Waals surface area (Å²) in [5.41, 5.74) is 1.83. The normalized spacial score (nSPS) is 15.7. The largest absolute Gasteiger partial charge is 0.341 e. The fourth-order valence-corrected chi connectivity index (χ4v) is 5.46. The number of amides is 3. The molecule has 2 aliphatic rings. The number of fused-ring (bicyclic) bond motifs is 1. The van der Waals surface area contributed by atoms with Gasteiger partial charge in [0.05, 0.1) is 17.2 Å². The molecule has 10 nitrogen and oxygen atoms in total. The molecule has 1 fully saturated rings. The fourth-order valence-electron chi connectivity index (χ4n) is 5.46. The highest BCUT2D eigenvalue weighted by molar-refractivity contribution is 5.91. The molecular formula is C29H30N6O4. The van der Waals surface area contributed by atoms with E-state index in [2.05, 4.69) is 11.4 Å². The van der Waals surface area contributed by atoms with Gasteiger partial charge in [-0.1, -0.05) is 36.4 Å². The van der Waals surface area contributed by atoms with Crippen LogP contribution in [0.25, 0.3) is 11.1 Å². The maximum absolute atomic E-state index is 13.3. The summed E-state index contributed by atoms with van der Waals surface area (Å²) in [6.07, 6.45) is 3.43. The smallest absolute Gasteiger partial charge is 0.331 e. The van der Waals surface area contributed by atoms with Gasteiger partial charge in [-0.05, 0) is 43.9 Å². The Morgan fingerprint density at radius 1 is 1.00 bits per heavy atom. The van der Waals surface area contributed by atoms with E-state index in [1.54, 1.807) is 36.1 Å². The van der Waals surface area contributed by atoms with Crippen molar-refractivity contribution in [2.45, 2.75) is 45.3 Å². The van der Waals surface area contributed by atoms with Gasteiger partial charge in [0.1, 0.15) is 6.54 Å². The van der Waals surface area contributed by atoms with Gasteiger partial charge in [-0.25, -0.2) is 9.59 Å². The number of aromatic nitrogens is 2. The predicted molar refractivity (Wildman–Crippen MR) is 146 cm³/mol. The van der Waals surface area contributed by atoms with Crippen LogP contribution in [0.15, 0.2) is 64.3 Å². The van der Waals surface area contributed by atoms with Crippen molar-refractivity contribution < 1.29 is 9.59 Å². The number of benzene rings is 2. The zero-order valence-electron chi connectivity index (χ0n) is 21.8. The van der Waals surface area contributed by atoms with Crippen molar-refractivity contribution in [2.24, 2.45) is 0 Å². The number of anilines is 1. The molecule has 5 rings (SSSR count). The molecule has 0 saturated carbocycles. The Kier molecular flexibility index (Phi) is 7.32. The quantitative estimate of drug-likeness (QED) is 0.548. The molecule has 10 heteroatoms. The van der Waals surface area contributed by atoms with Crippen LogP contribution in [0.3, 0.4) is 0 Å². The van der Waals surface area contributed by atoms with Crippen LogP contribution in [-0.2, 0) is 24.3 Å². The van der Waals surface area contributed by atoms with Gasteiger partial charge in [0.25, 0.3) is 5.56 Å². The number of nitrogens with zero attached hydrogens (tertiary/aromatic N) is 5. The van der Waals surface area contributed by atoms with Gasteiger partial charge in [-0.15, -0.1) is 0 Å². The molecule has 2 aromatic carbocycles. The van der Waals surface area contributed by atoms with Gasteiger partial charge in [0.15, 0.2) is 0 Å². The van der Waals surface area contributed by atoms with Gasteiger partial charge in [0.2, 0.25) is 5.91 Å². The minimum atomic E-state index is -0.565. The average Bonchev–Trinajstić information content (AvgIpc) is 3.13. The number of carbonyl (C=O) groups excluding carboxylic acids is 2. The second-order valence-electron chi connectivity index (χ2n) is 9.80. The molecule has 39 heavy (non-hydrogen) atoms. The van der Waals surface area contributed by atoms with Crippen LogP contribution in [0.1, 0.15) is 30.9 Å². The molecule has 3 heterocycles. The Labute approximate surface area is 225 Å². The van der Waals surface area contributed by atoms with E-state index >= 15 is 0 Å². The summed E-state index contributed by atoms with van der Waals surface area (Å²) in [5.74, 6) is -0.232. The summed E-state index contributed by atoms with van der Waals surface area (Å²) in [5, 5.41) is 12.5. The Morgan fingerprint density at radius 2 is 1.72 bits per heavy atom. The predicted octanol–water partition coefficient (Wildman–Crippen LogP) is 2.65. The van der Waals surface area contributed by atoms with E-state index < -0.39 is 11.2 Å². The number of piperidine rings is 1. The first-order chi connectivity index (χ1) is 18.9. The van der Waals surface area contributed by atoms with Crippen LogP contribution < -0.4 is 16.6 Å². The van der Waals surface area contributed by atoms with Crippen LogP contribution >= 0.6 is 0 Å². The zero-order chi connectivity index (χ0) is 27.5. The topological polar surface area (TPSA) is 120 Å². The van der Waals surface area contributed by atoms with Crippen molar-refractivity contribution in [3.05, 3.63) is 86.7 Å². The SMILES string of the molecule is CCn1c(=O)c(-c2ccccc2C#N)cn(CC(=O)N2CCC(N3CCc4ccccc4NC3=O)CC2)c1=O. The van der Waals surface area contributed by atoms with E-state index in [0.717, 1.165) is 22.2 Å². The second-order valence-corrected chi connectivity index (χ2v) is 9.80. The third-order valence-corrected chi connectivity index (χ3v) is 7.60. The van der Waals surface area contributed by atoms with Crippen molar-refractivity contribution in [2.75, 3.05) is 25.0 Å². The first kappa shape index (κ1) is 26.0. The first-order valence-electron chi connectivity index (χ1n) is 13.2. The van der Waals surface area contributed by atoms with E-state index in [-0.39, 0.29) is 36.6 Å². The molecule has 0 aliphatic carbocycles. The number of nitriles is 1. The lowest BCUT2D eigenvalue weighted by Gasteiger charge is -2.38. The highest BCUT2D eigenvalue weighted by atomic mass is 16.2. The molecule has 0 unspecified atom stereocenters. The number of nitrogens with one attached hydrogen (secondary N) is 1. The van der Waals surface area contributed by atoms with Crippen LogP contribution in [0.2, 0.25) is 0 Å². The lowest BCUT2D eigenvalue weighted by atomic mass is 10.0. The van der Waals surface area contributed by atoms with Gasteiger partial charge >= 0.3 is 11.7 Å². The molecule has 0 spiro atoms. The number of rotatable bonds is 5. The molecule has 2 aliphatic heterocycles. The molecule has 3 amide bonds. The van der Waals surface area contributed by atoms with Gasteiger partial charge in [-0.3, -0.25) is 18.7 Å². The molecule has 1 aromatic heterocycles. The summed E-state index contributed by atoms with van der Waals surface area (Å²) in [6, 6.07) is 16.5. The van der Waals surface area contributed by atoms with E-state index in [1.165, 1.54) is 10.8 Å². The highest BCUT2D eigenvalue weighted by Gasteiger charge is 2.31. The van der Waals surface area contributed by atoms with E-state index in [9.17, 15) is 24.4 Å². The van der Waals surface area contributed by atoms with Crippen LogP contribution in [0, 0.1) is 11.3 Å². The lowest BCUT2D eigenvalue weighted by molar-refractivity contribution is -0.133. The van der Waals surface area contributed by atoms with Gasteiger partial charge in [-0.2, -0.15) is 5.26 Å². The summed E-state index contributed by atoms with van der Waals surface area (Å²) in [6.45, 7) is 3.16. The molecule has 1 N–H and O–H groups in total. The lowest BCUT2D eigenvalue weighted by Crippen LogP contribution is -2.51. The van der Waals surface area contributed by atoms with Crippen molar-refractivity contribution in [1.82, 2.24) is 18.9 Å². The Morgan fingerprint density at radius 3 is 2.46 bits per heavy atom. The Balaban J connectivity index is 1.30. The number of hydrogen-bond donors (Lipinski definition) is 1. The fraction of sp³-hybridized carbons (Fsp3) is 0.345. The van der Waals surface area contributed by atoms with E-state index in [4.69, 9.17) is 0 Å². The molecule has 0 bridgehead atoms.